The van der Waals surface area contributed by atoms with Crippen molar-refractivity contribution in [2.45, 2.75) is 83.1 Å². The van der Waals surface area contributed by atoms with Gasteiger partial charge in [-0.1, -0.05) is 24.3 Å². The number of amides is 1. The standard InChI is InChI=1S/C36H45N3O5/c1-24-18-30(14-17-34(24)43-2)27-10-6-25(7-11-27)21-38(35(40)28-12-8-26(9-13-28)23-44-36(41)42)33-5-3-4-29(19-33)31-20-37-39(22-31)32-15-16-32/h3-5,14,17-20,22,25-28,32H,6-13,15-16,21,23H2,1-2H3,(H,41,42). The van der Waals surface area contributed by atoms with Crippen LogP contribution in [0.1, 0.15) is 87.3 Å². The highest BCUT2D eigenvalue weighted by atomic mass is 16.7. The summed E-state index contributed by atoms with van der Waals surface area (Å²) in [7, 11) is 1.72. The van der Waals surface area contributed by atoms with E-state index in [-0.39, 0.29) is 24.3 Å². The summed E-state index contributed by atoms with van der Waals surface area (Å²) in [6, 6.07) is 15.5. The maximum atomic E-state index is 14.3. The highest BCUT2D eigenvalue weighted by molar-refractivity contribution is 5.95. The lowest BCUT2D eigenvalue weighted by atomic mass is 9.77. The van der Waals surface area contributed by atoms with Crippen LogP contribution < -0.4 is 9.64 Å². The molecule has 1 N–H and O–H groups in total. The van der Waals surface area contributed by atoms with E-state index in [1.165, 1.54) is 24.0 Å². The predicted octanol–water partition coefficient (Wildman–Crippen LogP) is 8.01. The third-order valence-corrected chi connectivity index (χ3v) is 10.1. The second-order valence-electron chi connectivity index (χ2n) is 13.2. The van der Waals surface area contributed by atoms with E-state index in [9.17, 15) is 9.59 Å². The van der Waals surface area contributed by atoms with E-state index in [1.54, 1.807) is 7.11 Å². The van der Waals surface area contributed by atoms with Crippen LogP contribution in [0.5, 0.6) is 5.75 Å². The first-order valence-electron chi connectivity index (χ1n) is 16.3. The molecule has 3 saturated carbocycles. The number of aromatic nitrogens is 2. The van der Waals surface area contributed by atoms with Gasteiger partial charge in [0.15, 0.2) is 0 Å². The fourth-order valence-electron chi connectivity index (χ4n) is 7.28. The summed E-state index contributed by atoms with van der Waals surface area (Å²) >= 11 is 0. The Hall–Kier alpha value is -3.81. The number of hydrogen-bond donors (Lipinski definition) is 1. The van der Waals surface area contributed by atoms with Crippen LogP contribution in [-0.4, -0.2) is 47.2 Å². The summed E-state index contributed by atoms with van der Waals surface area (Å²) in [5.41, 5.74) is 5.69. The lowest BCUT2D eigenvalue weighted by molar-refractivity contribution is -0.124. The Labute approximate surface area is 260 Å². The molecule has 6 rings (SSSR count). The molecule has 3 aliphatic carbocycles. The van der Waals surface area contributed by atoms with Crippen LogP contribution in [0.3, 0.4) is 0 Å². The lowest BCUT2D eigenvalue weighted by Gasteiger charge is -2.36. The normalized spacial score (nSPS) is 23.6. The summed E-state index contributed by atoms with van der Waals surface area (Å²) in [5, 5.41) is 13.5. The van der Waals surface area contributed by atoms with Crippen molar-refractivity contribution in [2.75, 3.05) is 25.2 Å². The second kappa shape index (κ2) is 13.4. The molecular weight excluding hydrogens is 554 g/mol. The van der Waals surface area contributed by atoms with E-state index in [4.69, 9.17) is 14.6 Å². The number of carboxylic acid groups (broad SMARTS) is 1. The Kier molecular flexibility index (Phi) is 9.24. The van der Waals surface area contributed by atoms with Crippen LogP contribution in [0.15, 0.2) is 54.9 Å². The number of benzene rings is 2. The van der Waals surface area contributed by atoms with E-state index < -0.39 is 6.16 Å². The minimum absolute atomic E-state index is 0.0593. The smallest absolute Gasteiger partial charge is 0.496 e. The molecule has 0 saturated heterocycles. The molecule has 3 aliphatic rings. The predicted molar refractivity (Wildman–Crippen MR) is 170 cm³/mol. The molecule has 1 amide bonds. The summed E-state index contributed by atoms with van der Waals surface area (Å²) in [4.78, 5) is 27.2. The molecule has 1 heterocycles. The van der Waals surface area contributed by atoms with Gasteiger partial charge in [0, 0.05) is 29.9 Å². The second-order valence-corrected chi connectivity index (χ2v) is 13.2. The minimum atomic E-state index is -1.23. The van der Waals surface area contributed by atoms with Crippen molar-refractivity contribution >= 4 is 17.7 Å². The van der Waals surface area contributed by atoms with Gasteiger partial charge in [0.1, 0.15) is 5.75 Å². The summed E-state index contributed by atoms with van der Waals surface area (Å²) in [6.45, 7) is 3.04. The minimum Gasteiger partial charge on any atom is -0.496 e. The van der Waals surface area contributed by atoms with Crippen molar-refractivity contribution in [1.82, 2.24) is 9.78 Å². The van der Waals surface area contributed by atoms with Crippen molar-refractivity contribution in [3.8, 4) is 16.9 Å². The molecule has 8 heteroatoms. The molecule has 3 aromatic rings. The van der Waals surface area contributed by atoms with Crippen molar-refractivity contribution in [3.05, 3.63) is 66.0 Å². The molecule has 3 fully saturated rings. The van der Waals surface area contributed by atoms with Crippen LogP contribution in [0.25, 0.3) is 11.1 Å². The molecule has 8 nitrogen and oxygen atoms in total. The van der Waals surface area contributed by atoms with Gasteiger partial charge >= 0.3 is 6.16 Å². The summed E-state index contributed by atoms with van der Waals surface area (Å²) in [6.07, 6.45) is 12.8. The number of ether oxygens (including phenoxy) is 2. The van der Waals surface area contributed by atoms with E-state index in [1.807, 2.05) is 6.20 Å². The number of methoxy groups -OCH3 is 1. The first-order valence-corrected chi connectivity index (χ1v) is 16.3. The number of carbonyl (C=O) groups excluding carboxylic acids is 1. The number of carbonyl (C=O) groups is 2. The Balaban J connectivity index is 1.17. The zero-order valence-corrected chi connectivity index (χ0v) is 26.0. The Bertz CT molecular complexity index is 1450. The molecule has 0 radical (unpaired) electrons. The first kappa shape index (κ1) is 30.2. The van der Waals surface area contributed by atoms with Gasteiger partial charge in [0.05, 0.1) is 26.0 Å². The van der Waals surface area contributed by atoms with Crippen molar-refractivity contribution in [1.29, 1.82) is 0 Å². The highest BCUT2D eigenvalue weighted by Crippen LogP contribution is 2.40. The molecule has 0 bridgehead atoms. The van der Waals surface area contributed by atoms with Gasteiger partial charge in [-0.3, -0.25) is 9.48 Å². The average Bonchev–Trinajstić information content (AvgIpc) is 3.78. The van der Waals surface area contributed by atoms with Crippen LogP contribution in [0.2, 0.25) is 0 Å². The molecule has 0 spiro atoms. The number of aryl methyl sites for hydroxylation is 1. The Morgan fingerprint density at radius 1 is 0.932 bits per heavy atom. The van der Waals surface area contributed by atoms with Gasteiger partial charge in [-0.15, -0.1) is 0 Å². The fourth-order valence-corrected chi connectivity index (χ4v) is 7.28. The summed E-state index contributed by atoms with van der Waals surface area (Å²) in [5.74, 6) is 2.23. The fraction of sp³-hybridized carbons (Fsp3) is 0.528. The van der Waals surface area contributed by atoms with Gasteiger partial charge in [0.2, 0.25) is 5.91 Å². The summed E-state index contributed by atoms with van der Waals surface area (Å²) < 4.78 is 12.4. The lowest BCUT2D eigenvalue weighted by Crippen LogP contribution is -2.41. The SMILES string of the molecule is COc1ccc(C2CCC(CN(C(=O)C3CCC(COC(=O)O)CC3)c3cccc(-c4cnn(C5CC5)c4)c3)CC2)cc1C. The van der Waals surface area contributed by atoms with Crippen molar-refractivity contribution in [3.63, 3.8) is 0 Å². The zero-order chi connectivity index (χ0) is 30.6. The quantitative estimate of drug-likeness (QED) is 0.237. The third-order valence-electron chi connectivity index (χ3n) is 10.1. The molecule has 0 aliphatic heterocycles. The molecule has 0 unspecified atom stereocenters. The van der Waals surface area contributed by atoms with Crippen molar-refractivity contribution in [2.24, 2.45) is 17.8 Å². The van der Waals surface area contributed by atoms with Crippen molar-refractivity contribution < 1.29 is 24.2 Å². The van der Waals surface area contributed by atoms with Crippen LogP contribution >= 0.6 is 0 Å². The number of nitrogens with zero attached hydrogens (tertiary/aromatic N) is 3. The van der Waals surface area contributed by atoms with Crippen LogP contribution in [0, 0.1) is 24.7 Å². The maximum Gasteiger partial charge on any atom is 0.505 e. The molecule has 44 heavy (non-hydrogen) atoms. The number of hydrogen-bond acceptors (Lipinski definition) is 5. The topological polar surface area (TPSA) is 93.9 Å². The molecular formula is C36H45N3O5. The Morgan fingerprint density at radius 3 is 2.36 bits per heavy atom. The number of anilines is 1. The highest BCUT2D eigenvalue weighted by Gasteiger charge is 2.33. The Morgan fingerprint density at radius 2 is 1.68 bits per heavy atom. The van der Waals surface area contributed by atoms with Gasteiger partial charge in [0.25, 0.3) is 0 Å². The average molecular weight is 600 g/mol. The van der Waals surface area contributed by atoms with Gasteiger partial charge < -0.3 is 19.5 Å². The first-order chi connectivity index (χ1) is 21.4. The largest absolute Gasteiger partial charge is 0.505 e. The zero-order valence-electron chi connectivity index (χ0n) is 26.0. The molecule has 1 aromatic heterocycles. The molecule has 0 atom stereocenters. The van der Waals surface area contributed by atoms with Gasteiger partial charge in [-0.2, -0.15) is 5.10 Å². The van der Waals surface area contributed by atoms with Gasteiger partial charge in [-0.25, -0.2) is 4.79 Å². The monoisotopic (exact) mass is 599 g/mol. The van der Waals surface area contributed by atoms with Crippen LogP contribution in [-0.2, 0) is 9.53 Å². The van der Waals surface area contributed by atoms with Gasteiger partial charge in [-0.05, 0) is 124 Å². The molecule has 234 valence electrons. The van der Waals surface area contributed by atoms with E-state index in [0.29, 0.717) is 17.9 Å². The van der Waals surface area contributed by atoms with Crippen LogP contribution in [0.4, 0.5) is 10.5 Å². The van der Waals surface area contributed by atoms with E-state index in [2.05, 4.69) is 70.3 Å². The maximum absolute atomic E-state index is 14.3. The number of rotatable bonds is 10. The third kappa shape index (κ3) is 7.11. The van der Waals surface area contributed by atoms with E-state index >= 15 is 0 Å². The molecule has 2 aromatic carbocycles. The van der Waals surface area contributed by atoms with E-state index in [0.717, 1.165) is 80.5 Å².